The smallest absolute Gasteiger partial charge is 0.315 e. The summed E-state index contributed by atoms with van der Waals surface area (Å²) in [4.78, 5) is 11.1. The molecule has 0 aliphatic heterocycles. The van der Waals surface area contributed by atoms with Gasteiger partial charge in [0.05, 0.1) is 0 Å². The number of nitrogens with one attached hydrogen (secondary N) is 2. The number of carbonyl (C=O) groups excluding carboxylic acids is 1. The average molecular weight is 190 g/mol. The van der Waals surface area contributed by atoms with Gasteiger partial charge in [-0.3, -0.25) is 0 Å². The van der Waals surface area contributed by atoms with Crippen molar-refractivity contribution in [3.05, 3.63) is 42.1 Å². The molecule has 14 heavy (non-hydrogen) atoms. The van der Waals surface area contributed by atoms with E-state index < -0.39 is 0 Å². The number of hydrogen-bond acceptors (Lipinski definition) is 1. The van der Waals surface area contributed by atoms with Gasteiger partial charge >= 0.3 is 6.03 Å². The zero-order chi connectivity index (χ0) is 10.6. The van der Waals surface area contributed by atoms with E-state index in [-0.39, 0.29) is 6.03 Å². The molecule has 1 aromatic rings. The molecular weight excluding hydrogens is 176 g/mol. The molecule has 0 aromatic heterocycles. The number of aryl methyl sites for hydroxylation is 2. The SMILES string of the molecule is C=CNC(=O)Nc1cc(C)cc(C)c1. The highest BCUT2D eigenvalue weighted by Gasteiger charge is 1.99. The van der Waals surface area contributed by atoms with E-state index in [9.17, 15) is 4.79 Å². The van der Waals surface area contributed by atoms with E-state index >= 15 is 0 Å². The average Bonchev–Trinajstić information content (AvgIpc) is 2.01. The van der Waals surface area contributed by atoms with Gasteiger partial charge in [-0.2, -0.15) is 0 Å². The summed E-state index contributed by atoms with van der Waals surface area (Å²) in [6, 6.07) is 5.60. The number of anilines is 1. The van der Waals surface area contributed by atoms with Crippen LogP contribution in [0.5, 0.6) is 0 Å². The fourth-order valence-electron chi connectivity index (χ4n) is 1.31. The monoisotopic (exact) mass is 190 g/mol. The molecule has 1 aromatic carbocycles. The highest BCUT2D eigenvalue weighted by molar-refractivity contribution is 5.89. The Morgan fingerprint density at radius 2 is 1.86 bits per heavy atom. The maximum Gasteiger partial charge on any atom is 0.323 e. The summed E-state index contributed by atoms with van der Waals surface area (Å²) < 4.78 is 0. The summed E-state index contributed by atoms with van der Waals surface area (Å²) in [5, 5.41) is 5.15. The maximum atomic E-state index is 11.1. The summed E-state index contributed by atoms with van der Waals surface area (Å²) >= 11 is 0. The quantitative estimate of drug-likeness (QED) is 0.739. The van der Waals surface area contributed by atoms with Crippen LogP contribution in [0.1, 0.15) is 11.1 Å². The Bertz CT molecular complexity index is 338. The van der Waals surface area contributed by atoms with Crippen molar-refractivity contribution in [2.75, 3.05) is 5.32 Å². The molecule has 2 N–H and O–H groups in total. The second kappa shape index (κ2) is 4.46. The van der Waals surface area contributed by atoms with Gasteiger partial charge in [-0.15, -0.1) is 0 Å². The van der Waals surface area contributed by atoms with Crippen LogP contribution in [0.4, 0.5) is 10.5 Å². The Morgan fingerprint density at radius 3 is 2.36 bits per heavy atom. The summed E-state index contributed by atoms with van der Waals surface area (Å²) in [5.41, 5.74) is 3.04. The zero-order valence-electron chi connectivity index (χ0n) is 8.42. The van der Waals surface area contributed by atoms with E-state index in [0.717, 1.165) is 16.8 Å². The largest absolute Gasteiger partial charge is 0.323 e. The minimum Gasteiger partial charge on any atom is -0.315 e. The predicted molar refractivity (Wildman–Crippen MR) is 58.3 cm³/mol. The summed E-state index contributed by atoms with van der Waals surface area (Å²) in [6.07, 6.45) is 1.35. The normalized spacial score (nSPS) is 9.29. The van der Waals surface area contributed by atoms with Crippen LogP contribution in [0.25, 0.3) is 0 Å². The first kappa shape index (κ1) is 10.3. The first-order chi connectivity index (χ1) is 6.61. The third-order valence-corrected chi connectivity index (χ3v) is 1.71. The third kappa shape index (κ3) is 2.94. The molecular formula is C11H14N2O. The van der Waals surface area contributed by atoms with Crippen molar-refractivity contribution >= 4 is 11.7 Å². The van der Waals surface area contributed by atoms with Crippen LogP contribution >= 0.6 is 0 Å². The van der Waals surface area contributed by atoms with Crippen LogP contribution in [0.15, 0.2) is 31.0 Å². The van der Waals surface area contributed by atoms with Crippen molar-refractivity contribution in [2.24, 2.45) is 0 Å². The molecule has 3 nitrogen and oxygen atoms in total. The lowest BCUT2D eigenvalue weighted by molar-refractivity contribution is 0.255. The Balaban J connectivity index is 2.76. The topological polar surface area (TPSA) is 41.1 Å². The van der Waals surface area contributed by atoms with Crippen LogP contribution < -0.4 is 10.6 Å². The highest BCUT2D eigenvalue weighted by Crippen LogP contribution is 2.13. The molecule has 0 unspecified atom stereocenters. The Morgan fingerprint density at radius 1 is 1.29 bits per heavy atom. The molecule has 0 heterocycles. The predicted octanol–water partition coefficient (Wildman–Crippen LogP) is 2.57. The summed E-state index contributed by atoms with van der Waals surface area (Å²) in [7, 11) is 0. The highest BCUT2D eigenvalue weighted by atomic mass is 16.2. The molecule has 0 saturated heterocycles. The minimum absolute atomic E-state index is 0.273. The van der Waals surface area contributed by atoms with Crippen molar-refractivity contribution in [3.8, 4) is 0 Å². The maximum absolute atomic E-state index is 11.1. The van der Waals surface area contributed by atoms with Gasteiger partial charge in [0.1, 0.15) is 0 Å². The number of hydrogen-bond donors (Lipinski definition) is 2. The molecule has 0 spiro atoms. The van der Waals surface area contributed by atoms with Crippen LogP contribution in [-0.2, 0) is 0 Å². The molecule has 0 atom stereocenters. The second-order valence-corrected chi connectivity index (χ2v) is 3.18. The van der Waals surface area contributed by atoms with Crippen molar-refractivity contribution in [2.45, 2.75) is 13.8 Å². The lowest BCUT2D eigenvalue weighted by Gasteiger charge is -2.06. The van der Waals surface area contributed by atoms with Gasteiger partial charge in [0, 0.05) is 5.69 Å². The lowest BCUT2D eigenvalue weighted by atomic mass is 10.1. The Hall–Kier alpha value is -1.77. The number of amides is 2. The fraction of sp³-hybridized carbons (Fsp3) is 0.182. The van der Waals surface area contributed by atoms with Crippen molar-refractivity contribution in [1.29, 1.82) is 0 Å². The second-order valence-electron chi connectivity index (χ2n) is 3.18. The lowest BCUT2D eigenvalue weighted by Crippen LogP contribution is -2.23. The number of urea groups is 1. The van der Waals surface area contributed by atoms with E-state index in [1.54, 1.807) is 0 Å². The van der Waals surface area contributed by atoms with Gasteiger partial charge in [0.2, 0.25) is 0 Å². The Kier molecular flexibility index (Phi) is 3.29. The van der Waals surface area contributed by atoms with Crippen molar-refractivity contribution in [3.63, 3.8) is 0 Å². The molecule has 1 rings (SSSR count). The minimum atomic E-state index is -0.273. The van der Waals surface area contributed by atoms with Gasteiger partial charge in [0.15, 0.2) is 0 Å². The molecule has 74 valence electrons. The summed E-state index contributed by atoms with van der Waals surface area (Å²) in [5.74, 6) is 0. The van der Waals surface area contributed by atoms with Gasteiger partial charge in [0.25, 0.3) is 0 Å². The molecule has 0 radical (unpaired) electrons. The Labute approximate surface area is 83.8 Å². The van der Waals surface area contributed by atoms with Crippen molar-refractivity contribution < 1.29 is 4.79 Å². The molecule has 0 fully saturated rings. The standard InChI is InChI=1S/C11H14N2O/c1-4-12-11(14)13-10-6-8(2)5-9(3)7-10/h4-7H,1H2,2-3H3,(H2,12,13,14). The van der Waals surface area contributed by atoms with E-state index in [1.807, 2.05) is 26.0 Å². The molecule has 2 amide bonds. The number of carbonyl (C=O) groups is 1. The van der Waals surface area contributed by atoms with Crippen LogP contribution in [0.2, 0.25) is 0 Å². The first-order valence-electron chi connectivity index (χ1n) is 4.38. The molecule has 0 bridgehead atoms. The van der Waals surface area contributed by atoms with E-state index in [1.165, 1.54) is 6.20 Å². The van der Waals surface area contributed by atoms with Crippen LogP contribution in [0.3, 0.4) is 0 Å². The van der Waals surface area contributed by atoms with Crippen molar-refractivity contribution in [1.82, 2.24) is 5.32 Å². The number of rotatable bonds is 2. The van der Waals surface area contributed by atoms with Crippen LogP contribution in [0, 0.1) is 13.8 Å². The van der Waals surface area contributed by atoms with Gasteiger partial charge < -0.3 is 10.6 Å². The van der Waals surface area contributed by atoms with E-state index in [0.29, 0.717) is 0 Å². The fourth-order valence-corrected chi connectivity index (χ4v) is 1.31. The molecule has 0 saturated carbocycles. The van der Waals surface area contributed by atoms with Gasteiger partial charge in [-0.1, -0.05) is 12.6 Å². The third-order valence-electron chi connectivity index (χ3n) is 1.71. The summed E-state index contributed by atoms with van der Waals surface area (Å²) in [6.45, 7) is 7.38. The van der Waals surface area contributed by atoms with E-state index in [2.05, 4.69) is 23.3 Å². The van der Waals surface area contributed by atoms with E-state index in [4.69, 9.17) is 0 Å². The zero-order valence-corrected chi connectivity index (χ0v) is 8.42. The molecule has 0 aliphatic rings. The first-order valence-corrected chi connectivity index (χ1v) is 4.38. The van der Waals surface area contributed by atoms with Crippen LogP contribution in [-0.4, -0.2) is 6.03 Å². The molecule has 3 heteroatoms. The van der Waals surface area contributed by atoms with Gasteiger partial charge in [-0.05, 0) is 43.3 Å². The molecule has 0 aliphatic carbocycles. The number of benzene rings is 1. The van der Waals surface area contributed by atoms with Gasteiger partial charge in [-0.25, -0.2) is 4.79 Å².